The van der Waals surface area contributed by atoms with Crippen molar-refractivity contribution < 1.29 is 18.0 Å². The van der Waals surface area contributed by atoms with E-state index < -0.39 is 17.6 Å². The van der Waals surface area contributed by atoms with Crippen LogP contribution in [0.15, 0.2) is 53.7 Å². The van der Waals surface area contributed by atoms with Gasteiger partial charge in [-0.1, -0.05) is 17.3 Å². The fourth-order valence-electron chi connectivity index (χ4n) is 1.78. The molecule has 22 heavy (non-hydrogen) atoms. The average Bonchev–Trinajstić information content (AvgIpc) is 2.48. The van der Waals surface area contributed by atoms with E-state index in [0.29, 0.717) is 11.1 Å². The van der Waals surface area contributed by atoms with Crippen LogP contribution in [0.4, 0.5) is 18.9 Å². The summed E-state index contributed by atoms with van der Waals surface area (Å²) in [4.78, 5) is 22.1. The number of nitroso groups, excluding NO2 is 1. The summed E-state index contributed by atoms with van der Waals surface area (Å²) in [6, 6.07) is 10.4. The van der Waals surface area contributed by atoms with E-state index >= 15 is 0 Å². The normalized spacial score (nSPS) is 11.0. The fraction of sp³-hybridized carbons (Fsp3) is 0.133. The monoisotopic (exact) mass is 308 g/mol. The Hall–Kier alpha value is -2.70. The van der Waals surface area contributed by atoms with Crippen molar-refractivity contribution in [2.75, 3.05) is 5.32 Å². The Labute approximate surface area is 123 Å². The molecular weight excluding hydrogens is 297 g/mol. The highest BCUT2D eigenvalue weighted by atomic mass is 19.4. The van der Waals surface area contributed by atoms with Crippen LogP contribution in [0.5, 0.6) is 0 Å². The van der Waals surface area contributed by atoms with E-state index in [2.05, 4.69) is 10.5 Å². The lowest BCUT2D eigenvalue weighted by molar-refractivity contribution is -0.137. The lowest BCUT2D eigenvalue weighted by atomic mass is 10.1. The van der Waals surface area contributed by atoms with Crippen molar-refractivity contribution in [1.82, 2.24) is 0 Å². The third-order valence-corrected chi connectivity index (χ3v) is 2.93. The molecule has 4 nitrogen and oxygen atoms in total. The predicted molar refractivity (Wildman–Crippen MR) is 75.3 cm³/mol. The number of carbonyl (C=O) groups is 1. The minimum atomic E-state index is -4.41. The molecule has 7 heteroatoms. The highest BCUT2D eigenvalue weighted by molar-refractivity contribution is 6.04. The lowest BCUT2D eigenvalue weighted by Crippen LogP contribution is -2.12. The van der Waals surface area contributed by atoms with Gasteiger partial charge in [0.15, 0.2) is 0 Å². The summed E-state index contributed by atoms with van der Waals surface area (Å²) >= 11 is 0. The standard InChI is InChI=1S/C15H11F3N2O2/c16-15(17,18)12-5-7-13(8-6-12)20-14(21)11-3-1-10(2-4-11)9-19-22/h1-8H,9H2,(H,20,21). The number of hydrogen-bond acceptors (Lipinski definition) is 3. The van der Waals surface area contributed by atoms with Crippen molar-refractivity contribution in [3.63, 3.8) is 0 Å². The lowest BCUT2D eigenvalue weighted by Gasteiger charge is -2.09. The topological polar surface area (TPSA) is 58.5 Å². The molecule has 0 aliphatic heterocycles. The Morgan fingerprint density at radius 2 is 1.59 bits per heavy atom. The molecule has 0 bridgehead atoms. The van der Waals surface area contributed by atoms with Gasteiger partial charge in [0.25, 0.3) is 5.91 Å². The van der Waals surface area contributed by atoms with E-state index in [9.17, 15) is 22.9 Å². The summed E-state index contributed by atoms with van der Waals surface area (Å²) in [5.74, 6) is -0.453. The summed E-state index contributed by atoms with van der Waals surface area (Å²) in [5.41, 5.74) is 0.475. The van der Waals surface area contributed by atoms with Gasteiger partial charge in [0.1, 0.15) is 6.54 Å². The van der Waals surface area contributed by atoms with Crippen LogP contribution in [0.3, 0.4) is 0 Å². The second kappa shape index (κ2) is 6.38. The Balaban J connectivity index is 2.06. The molecule has 2 aromatic carbocycles. The average molecular weight is 308 g/mol. The largest absolute Gasteiger partial charge is 0.416 e. The summed E-state index contributed by atoms with van der Waals surface area (Å²) in [7, 11) is 0. The zero-order valence-corrected chi connectivity index (χ0v) is 11.2. The summed E-state index contributed by atoms with van der Waals surface area (Å²) in [5, 5.41) is 5.23. The van der Waals surface area contributed by atoms with E-state index in [1.54, 1.807) is 12.1 Å². The molecular formula is C15H11F3N2O2. The Bertz CT molecular complexity index is 665. The number of carbonyl (C=O) groups excluding carboxylic acids is 1. The van der Waals surface area contributed by atoms with Crippen LogP contribution in [0.1, 0.15) is 21.5 Å². The van der Waals surface area contributed by atoms with Crippen LogP contribution in [0.25, 0.3) is 0 Å². The van der Waals surface area contributed by atoms with Gasteiger partial charge in [-0.15, -0.1) is 0 Å². The molecule has 0 fully saturated rings. The molecule has 1 N–H and O–H groups in total. The van der Waals surface area contributed by atoms with E-state index in [1.807, 2.05) is 0 Å². The smallest absolute Gasteiger partial charge is 0.322 e. The maximum Gasteiger partial charge on any atom is 0.416 e. The number of hydrogen-bond donors (Lipinski definition) is 1. The predicted octanol–water partition coefficient (Wildman–Crippen LogP) is 4.22. The van der Waals surface area contributed by atoms with Crippen molar-refractivity contribution in [1.29, 1.82) is 0 Å². The molecule has 0 aromatic heterocycles. The van der Waals surface area contributed by atoms with Crippen molar-refractivity contribution in [2.24, 2.45) is 5.18 Å². The van der Waals surface area contributed by atoms with Crippen molar-refractivity contribution in [3.8, 4) is 0 Å². The van der Waals surface area contributed by atoms with E-state index in [0.717, 1.165) is 12.1 Å². The molecule has 0 spiro atoms. The van der Waals surface area contributed by atoms with Gasteiger partial charge in [-0.25, -0.2) is 0 Å². The number of halogens is 3. The highest BCUT2D eigenvalue weighted by Gasteiger charge is 2.29. The van der Waals surface area contributed by atoms with Gasteiger partial charge in [0.05, 0.1) is 5.56 Å². The Morgan fingerprint density at radius 3 is 2.09 bits per heavy atom. The van der Waals surface area contributed by atoms with Gasteiger partial charge in [0.2, 0.25) is 0 Å². The van der Waals surface area contributed by atoms with Gasteiger partial charge < -0.3 is 5.32 Å². The summed E-state index contributed by atoms with van der Waals surface area (Å²) < 4.78 is 37.3. The molecule has 0 radical (unpaired) electrons. The molecule has 0 heterocycles. The SMILES string of the molecule is O=NCc1ccc(C(=O)Nc2ccc(C(F)(F)F)cc2)cc1. The molecule has 0 atom stereocenters. The molecule has 1 amide bonds. The van der Waals surface area contributed by atoms with E-state index in [-0.39, 0.29) is 12.2 Å². The van der Waals surface area contributed by atoms with Crippen LogP contribution in [-0.2, 0) is 12.7 Å². The summed E-state index contributed by atoms with van der Waals surface area (Å²) in [6.07, 6.45) is -4.41. The molecule has 2 aromatic rings. The number of nitrogens with zero attached hydrogens (tertiary/aromatic N) is 1. The van der Waals surface area contributed by atoms with E-state index in [1.165, 1.54) is 24.3 Å². The zero-order chi connectivity index (χ0) is 16.2. The molecule has 2 rings (SSSR count). The number of amides is 1. The van der Waals surface area contributed by atoms with Crippen LogP contribution in [0.2, 0.25) is 0 Å². The first-order valence-corrected chi connectivity index (χ1v) is 6.27. The van der Waals surface area contributed by atoms with Crippen LogP contribution in [-0.4, -0.2) is 5.91 Å². The fourth-order valence-corrected chi connectivity index (χ4v) is 1.78. The number of alkyl halides is 3. The van der Waals surface area contributed by atoms with Gasteiger partial charge in [-0.05, 0) is 42.0 Å². The number of benzene rings is 2. The second-order valence-electron chi connectivity index (χ2n) is 4.51. The molecule has 0 saturated carbocycles. The maximum absolute atomic E-state index is 12.4. The number of rotatable bonds is 4. The van der Waals surface area contributed by atoms with Gasteiger partial charge >= 0.3 is 6.18 Å². The van der Waals surface area contributed by atoms with Crippen LogP contribution >= 0.6 is 0 Å². The third kappa shape index (κ3) is 3.91. The maximum atomic E-state index is 12.4. The van der Waals surface area contributed by atoms with Gasteiger partial charge in [-0.3, -0.25) is 4.79 Å². The molecule has 0 unspecified atom stereocenters. The Morgan fingerprint density at radius 1 is 1.00 bits per heavy atom. The minimum Gasteiger partial charge on any atom is -0.322 e. The van der Waals surface area contributed by atoms with Gasteiger partial charge in [0, 0.05) is 11.3 Å². The van der Waals surface area contributed by atoms with Crippen molar-refractivity contribution in [2.45, 2.75) is 12.7 Å². The van der Waals surface area contributed by atoms with Crippen LogP contribution < -0.4 is 5.32 Å². The van der Waals surface area contributed by atoms with Crippen LogP contribution in [0, 0.1) is 4.91 Å². The van der Waals surface area contributed by atoms with Crippen molar-refractivity contribution >= 4 is 11.6 Å². The van der Waals surface area contributed by atoms with E-state index in [4.69, 9.17) is 0 Å². The zero-order valence-electron chi connectivity index (χ0n) is 11.2. The minimum absolute atomic E-state index is 0.0147. The first kappa shape index (κ1) is 15.7. The number of nitrogens with one attached hydrogen (secondary N) is 1. The van der Waals surface area contributed by atoms with Crippen molar-refractivity contribution in [3.05, 3.63) is 70.1 Å². The Kier molecular flexibility index (Phi) is 4.55. The van der Waals surface area contributed by atoms with Gasteiger partial charge in [-0.2, -0.15) is 18.1 Å². The number of anilines is 1. The highest BCUT2D eigenvalue weighted by Crippen LogP contribution is 2.29. The summed E-state index contributed by atoms with van der Waals surface area (Å²) in [6.45, 7) is 0.0147. The molecule has 0 aliphatic carbocycles. The quantitative estimate of drug-likeness (QED) is 0.859. The third-order valence-electron chi connectivity index (χ3n) is 2.93. The molecule has 114 valence electrons. The first-order chi connectivity index (χ1) is 10.4. The second-order valence-corrected chi connectivity index (χ2v) is 4.51. The molecule has 0 aliphatic rings. The molecule has 0 saturated heterocycles. The first-order valence-electron chi connectivity index (χ1n) is 6.27.